The normalized spacial score (nSPS) is 14.7. The lowest BCUT2D eigenvalue weighted by atomic mass is 9.94. The Bertz CT molecular complexity index is 1480. The smallest absolute Gasteiger partial charge is 0.273 e. The highest BCUT2D eigenvalue weighted by Gasteiger charge is 2.42. The fourth-order valence-corrected chi connectivity index (χ4v) is 5.03. The number of hydrogen-bond donors (Lipinski definition) is 2. The largest absolute Gasteiger partial charge is 0.507 e. The van der Waals surface area contributed by atoms with Crippen molar-refractivity contribution in [2.75, 3.05) is 20.8 Å². The number of carbonyl (C=O) groups is 1. The second-order valence-electron chi connectivity index (χ2n) is 9.23. The van der Waals surface area contributed by atoms with Crippen LogP contribution in [0.5, 0.6) is 17.2 Å². The summed E-state index contributed by atoms with van der Waals surface area (Å²) in [5, 5.41) is 18.7. The zero-order chi connectivity index (χ0) is 26.3. The predicted octanol–water partition coefficient (Wildman–Crippen LogP) is 5.86. The van der Waals surface area contributed by atoms with Gasteiger partial charge in [0.2, 0.25) is 0 Å². The van der Waals surface area contributed by atoms with Gasteiger partial charge in [-0.2, -0.15) is 5.10 Å². The van der Waals surface area contributed by atoms with Gasteiger partial charge in [-0.15, -0.1) is 0 Å². The first-order valence-electron chi connectivity index (χ1n) is 12.0. The number of ether oxygens (including phenoxy) is 2. The topological polar surface area (TPSA) is 87.7 Å². The molecular weight excluding hydrogens is 490 g/mol. The molecule has 2 N–H and O–H groups in total. The van der Waals surface area contributed by atoms with Crippen molar-refractivity contribution in [3.05, 3.63) is 93.1 Å². The number of phenolic OH excluding ortho intramolecular Hbond substituents is 1. The van der Waals surface area contributed by atoms with Crippen molar-refractivity contribution < 1.29 is 19.4 Å². The predicted molar refractivity (Wildman–Crippen MR) is 143 cm³/mol. The molecule has 1 atom stereocenters. The lowest BCUT2D eigenvalue weighted by Gasteiger charge is -2.27. The number of aromatic hydroxyl groups is 1. The van der Waals surface area contributed by atoms with E-state index in [9.17, 15) is 9.90 Å². The van der Waals surface area contributed by atoms with E-state index < -0.39 is 0 Å². The fourth-order valence-electron chi connectivity index (χ4n) is 4.87. The number of methoxy groups -OCH3 is 2. The van der Waals surface area contributed by atoms with Gasteiger partial charge >= 0.3 is 0 Å². The summed E-state index contributed by atoms with van der Waals surface area (Å²) in [6.07, 6.45) is 0.614. The molecule has 1 amide bonds. The lowest BCUT2D eigenvalue weighted by molar-refractivity contribution is 0.0746. The van der Waals surface area contributed by atoms with Crippen LogP contribution in [0.2, 0.25) is 5.02 Å². The van der Waals surface area contributed by atoms with Gasteiger partial charge in [0.05, 0.1) is 20.3 Å². The number of aromatic amines is 1. The Hall–Kier alpha value is -3.97. The van der Waals surface area contributed by atoms with Crippen LogP contribution in [0, 0.1) is 13.8 Å². The van der Waals surface area contributed by atoms with Gasteiger partial charge < -0.3 is 19.5 Å². The van der Waals surface area contributed by atoms with Crippen LogP contribution in [0.3, 0.4) is 0 Å². The number of fused-ring (bicyclic) bond motifs is 1. The minimum Gasteiger partial charge on any atom is -0.507 e. The van der Waals surface area contributed by atoms with Crippen molar-refractivity contribution in [3.8, 4) is 28.5 Å². The minimum atomic E-state index is -0.378. The van der Waals surface area contributed by atoms with E-state index in [1.54, 1.807) is 26.4 Å². The van der Waals surface area contributed by atoms with Crippen LogP contribution >= 0.6 is 11.6 Å². The summed E-state index contributed by atoms with van der Waals surface area (Å²) in [5.74, 6) is 1.22. The second kappa shape index (κ2) is 9.82. The first-order chi connectivity index (χ1) is 17.8. The quantitative estimate of drug-likeness (QED) is 0.321. The average molecular weight is 518 g/mol. The van der Waals surface area contributed by atoms with Crippen molar-refractivity contribution in [3.63, 3.8) is 0 Å². The van der Waals surface area contributed by atoms with Crippen LogP contribution in [0.4, 0.5) is 0 Å². The summed E-state index contributed by atoms with van der Waals surface area (Å²) >= 11 is 6.40. The number of nitrogens with zero attached hydrogens (tertiary/aromatic N) is 2. The third-order valence-corrected chi connectivity index (χ3v) is 7.29. The first-order valence-corrected chi connectivity index (χ1v) is 12.4. The molecule has 1 unspecified atom stereocenters. The second-order valence-corrected chi connectivity index (χ2v) is 9.64. The van der Waals surface area contributed by atoms with Crippen LogP contribution in [0.25, 0.3) is 11.3 Å². The van der Waals surface area contributed by atoms with E-state index >= 15 is 0 Å². The summed E-state index contributed by atoms with van der Waals surface area (Å²) in [5.41, 5.74) is 6.02. The fraction of sp³-hybridized carbons (Fsp3) is 0.241. The number of hydrogen-bond acceptors (Lipinski definition) is 5. The Morgan fingerprint density at radius 1 is 1.03 bits per heavy atom. The lowest BCUT2D eigenvalue weighted by Crippen LogP contribution is -2.31. The molecule has 0 radical (unpaired) electrons. The Kier molecular flexibility index (Phi) is 6.56. The van der Waals surface area contributed by atoms with E-state index in [1.165, 1.54) is 0 Å². The minimum absolute atomic E-state index is 0.0649. The van der Waals surface area contributed by atoms with Gasteiger partial charge in [0, 0.05) is 22.7 Å². The third-order valence-electron chi connectivity index (χ3n) is 6.88. The summed E-state index contributed by atoms with van der Waals surface area (Å²) in [7, 11) is 3.21. The first kappa shape index (κ1) is 24.7. The SMILES string of the molecule is COc1ccc(CCN2C(=O)c3[nH]nc(-c4cc(Cl)c(C)cc4O)c3C2c2ccc(C)cc2)cc1OC. The van der Waals surface area contributed by atoms with Crippen molar-refractivity contribution in [1.82, 2.24) is 15.1 Å². The number of carbonyl (C=O) groups excluding carboxylic acids is 1. The maximum absolute atomic E-state index is 13.7. The number of halogens is 1. The van der Waals surface area contributed by atoms with E-state index in [-0.39, 0.29) is 17.7 Å². The van der Waals surface area contributed by atoms with Gasteiger partial charge in [-0.05, 0) is 61.2 Å². The summed E-state index contributed by atoms with van der Waals surface area (Å²) in [4.78, 5) is 15.5. The van der Waals surface area contributed by atoms with Gasteiger partial charge in [-0.1, -0.05) is 47.5 Å². The molecule has 0 aliphatic carbocycles. The summed E-state index contributed by atoms with van der Waals surface area (Å²) in [6.45, 7) is 4.32. The molecule has 4 aromatic rings. The maximum atomic E-state index is 13.7. The molecular formula is C29H28ClN3O4. The number of nitrogens with one attached hydrogen (secondary N) is 1. The Balaban J connectivity index is 1.56. The van der Waals surface area contributed by atoms with Gasteiger partial charge in [-0.25, -0.2) is 0 Å². The number of aryl methyl sites for hydroxylation is 2. The molecule has 0 spiro atoms. The van der Waals surface area contributed by atoms with Crippen molar-refractivity contribution in [1.29, 1.82) is 0 Å². The van der Waals surface area contributed by atoms with Crippen molar-refractivity contribution in [2.45, 2.75) is 26.3 Å². The van der Waals surface area contributed by atoms with Crippen molar-refractivity contribution in [2.24, 2.45) is 0 Å². The standard InChI is InChI=1S/C29H28ClN3O4/c1-16-5-8-19(9-6-16)28-25-26(20-15-21(30)17(2)13-22(20)34)31-32-27(25)29(35)33(28)12-11-18-7-10-23(36-3)24(14-18)37-4/h5-10,13-15,28,34H,11-12H2,1-4H3,(H,31,32). The molecule has 7 nitrogen and oxygen atoms in total. The molecule has 0 fully saturated rings. The zero-order valence-electron chi connectivity index (χ0n) is 21.1. The van der Waals surface area contributed by atoms with Gasteiger partial charge in [0.1, 0.15) is 17.1 Å². The van der Waals surface area contributed by atoms with Gasteiger partial charge in [0.15, 0.2) is 11.5 Å². The molecule has 1 aromatic heterocycles. The van der Waals surface area contributed by atoms with Gasteiger partial charge in [-0.3, -0.25) is 9.89 Å². The maximum Gasteiger partial charge on any atom is 0.273 e. The molecule has 0 saturated heterocycles. The van der Waals surface area contributed by atoms with Crippen LogP contribution in [-0.2, 0) is 6.42 Å². The molecule has 8 heteroatoms. The van der Waals surface area contributed by atoms with E-state index in [4.69, 9.17) is 21.1 Å². The molecule has 2 heterocycles. The number of aromatic nitrogens is 2. The number of benzene rings is 3. The Morgan fingerprint density at radius 3 is 2.46 bits per heavy atom. The average Bonchev–Trinajstić information content (AvgIpc) is 3.44. The van der Waals surface area contributed by atoms with Crippen LogP contribution < -0.4 is 9.47 Å². The van der Waals surface area contributed by atoms with Crippen LogP contribution in [0.1, 0.15) is 44.3 Å². The molecule has 1 aliphatic rings. The number of phenols is 1. The Labute approximate surface area is 220 Å². The molecule has 3 aromatic carbocycles. The van der Waals surface area contributed by atoms with E-state index in [0.717, 1.165) is 27.8 Å². The van der Waals surface area contributed by atoms with Crippen LogP contribution in [-0.4, -0.2) is 46.9 Å². The highest BCUT2D eigenvalue weighted by Crippen LogP contribution is 2.45. The highest BCUT2D eigenvalue weighted by atomic mass is 35.5. The zero-order valence-corrected chi connectivity index (χ0v) is 21.9. The monoisotopic (exact) mass is 517 g/mol. The highest BCUT2D eigenvalue weighted by molar-refractivity contribution is 6.31. The van der Waals surface area contributed by atoms with E-state index in [0.29, 0.717) is 46.4 Å². The van der Waals surface area contributed by atoms with E-state index in [1.807, 2.05) is 61.2 Å². The number of rotatable bonds is 7. The third kappa shape index (κ3) is 4.40. The molecule has 5 rings (SSSR count). The molecule has 0 saturated carbocycles. The molecule has 0 bridgehead atoms. The summed E-state index contributed by atoms with van der Waals surface area (Å²) < 4.78 is 10.8. The molecule has 1 aliphatic heterocycles. The number of amides is 1. The van der Waals surface area contributed by atoms with Crippen LogP contribution in [0.15, 0.2) is 54.6 Å². The number of H-pyrrole nitrogens is 1. The van der Waals surface area contributed by atoms with Gasteiger partial charge in [0.25, 0.3) is 5.91 Å². The Morgan fingerprint density at radius 2 is 1.76 bits per heavy atom. The molecule has 190 valence electrons. The van der Waals surface area contributed by atoms with E-state index in [2.05, 4.69) is 10.2 Å². The van der Waals surface area contributed by atoms with Crippen molar-refractivity contribution >= 4 is 17.5 Å². The summed E-state index contributed by atoms with van der Waals surface area (Å²) in [6, 6.07) is 16.8. The molecule has 37 heavy (non-hydrogen) atoms.